The van der Waals surface area contributed by atoms with Crippen LogP contribution in [0.15, 0.2) is 29.2 Å². The minimum absolute atomic E-state index is 0.169. The summed E-state index contributed by atoms with van der Waals surface area (Å²) in [5.41, 5.74) is 0.439. The molecule has 0 saturated heterocycles. The second kappa shape index (κ2) is 5.61. The quantitative estimate of drug-likeness (QED) is 0.712. The highest BCUT2D eigenvalue weighted by Gasteiger charge is 2.12. The van der Waals surface area contributed by atoms with Crippen LogP contribution in [0.2, 0.25) is 0 Å². The molecule has 1 rings (SSSR count). The molecule has 0 radical (unpaired) electrons. The highest BCUT2D eigenvalue weighted by atomic mass is 32.2. The maximum Gasteiger partial charge on any atom is 0.240 e. The van der Waals surface area contributed by atoms with Crippen LogP contribution in [0.5, 0.6) is 0 Å². The Morgan fingerprint density at radius 1 is 1.25 bits per heavy atom. The molecular weight excluding hydrogens is 226 g/mol. The Bertz CT molecular complexity index is 474. The van der Waals surface area contributed by atoms with Crippen molar-refractivity contribution in [3.8, 4) is 6.07 Å². The number of rotatable bonds is 5. The summed E-state index contributed by atoms with van der Waals surface area (Å²) in [6.45, 7) is 0.897. The number of nitriles is 1. The second-order valence-electron chi connectivity index (χ2n) is 3.14. The van der Waals surface area contributed by atoms with Crippen molar-refractivity contribution in [3.63, 3.8) is 0 Å². The van der Waals surface area contributed by atoms with Crippen molar-refractivity contribution >= 4 is 10.0 Å². The molecule has 0 fully saturated rings. The van der Waals surface area contributed by atoms with Gasteiger partial charge in [-0.25, -0.2) is 13.1 Å². The van der Waals surface area contributed by atoms with Gasteiger partial charge in [0.15, 0.2) is 0 Å². The monoisotopic (exact) mass is 239 g/mol. The zero-order chi connectivity index (χ0) is 12.0. The molecule has 5 nitrogen and oxygen atoms in total. The third-order valence-electron chi connectivity index (χ3n) is 1.96. The molecule has 6 heteroatoms. The van der Waals surface area contributed by atoms with Gasteiger partial charge in [0, 0.05) is 13.1 Å². The van der Waals surface area contributed by atoms with Crippen LogP contribution in [0.3, 0.4) is 0 Å². The number of benzene rings is 1. The van der Waals surface area contributed by atoms with E-state index in [2.05, 4.69) is 10.0 Å². The molecule has 0 atom stereocenters. The summed E-state index contributed by atoms with van der Waals surface area (Å²) in [5.74, 6) is 0. The Morgan fingerprint density at radius 2 is 1.88 bits per heavy atom. The van der Waals surface area contributed by atoms with Crippen LogP contribution in [0.1, 0.15) is 5.56 Å². The van der Waals surface area contributed by atoms with Crippen molar-refractivity contribution in [1.82, 2.24) is 10.0 Å². The van der Waals surface area contributed by atoms with E-state index in [4.69, 9.17) is 5.26 Å². The van der Waals surface area contributed by atoms with Gasteiger partial charge in [-0.05, 0) is 31.3 Å². The van der Waals surface area contributed by atoms with Crippen LogP contribution in [0.4, 0.5) is 0 Å². The molecule has 0 unspecified atom stereocenters. The fourth-order valence-electron chi connectivity index (χ4n) is 1.10. The first-order valence-corrected chi connectivity index (χ1v) is 6.23. The Balaban J connectivity index is 2.79. The van der Waals surface area contributed by atoms with Crippen LogP contribution in [-0.2, 0) is 10.0 Å². The average Bonchev–Trinajstić information content (AvgIpc) is 2.29. The molecule has 1 aromatic rings. The lowest BCUT2D eigenvalue weighted by Crippen LogP contribution is -2.30. The minimum atomic E-state index is -3.46. The van der Waals surface area contributed by atoms with Gasteiger partial charge in [0.2, 0.25) is 10.0 Å². The van der Waals surface area contributed by atoms with E-state index in [-0.39, 0.29) is 4.90 Å². The van der Waals surface area contributed by atoms with Gasteiger partial charge in [0.1, 0.15) is 0 Å². The van der Waals surface area contributed by atoms with Gasteiger partial charge < -0.3 is 5.32 Å². The first-order chi connectivity index (χ1) is 7.60. The number of nitrogens with one attached hydrogen (secondary N) is 2. The smallest absolute Gasteiger partial charge is 0.240 e. The summed E-state index contributed by atoms with van der Waals surface area (Å²) in [5, 5.41) is 11.4. The molecule has 0 aliphatic rings. The van der Waals surface area contributed by atoms with Crippen molar-refractivity contribution in [2.75, 3.05) is 20.1 Å². The molecule has 0 bridgehead atoms. The number of hydrogen-bond acceptors (Lipinski definition) is 4. The van der Waals surface area contributed by atoms with E-state index in [0.717, 1.165) is 0 Å². The number of hydrogen-bond donors (Lipinski definition) is 2. The molecule has 16 heavy (non-hydrogen) atoms. The molecule has 86 valence electrons. The molecule has 0 heterocycles. The molecule has 0 aliphatic heterocycles. The van der Waals surface area contributed by atoms with Crippen molar-refractivity contribution < 1.29 is 8.42 Å². The summed E-state index contributed by atoms with van der Waals surface area (Å²) in [4.78, 5) is 0.169. The van der Waals surface area contributed by atoms with Gasteiger partial charge in [-0.15, -0.1) is 0 Å². The zero-order valence-electron chi connectivity index (χ0n) is 8.90. The standard InChI is InChI=1S/C10H13N3O2S/c1-12-6-7-13-16(14,15)10-4-2-9(8-11)3-5-10/h2-5,12-13H,6-7H2,1H3. The van der Waals surface area contributed by atoms with E-state index in [1.165, 1.54) is 24.3 Å². The lowest BCUT2D eigenvalue weighted by Gasteiger charge is -2.05. The highest BCUT2D eigenvalue weighted by molar-refractivity contribution is 7.89. The van der Waals surface area contributed by atoms with E-state index >= 15 is 0 Å². The van der Waals surface area contributed by atoms with Gasteiger partial charge in [0.05, 0.1) is 16.5 Å². The Labute approximate surface area is 95.1 Å². The van der Waals surface area contributed by atoms with Gasteiger partial charge in [0.25, 0.3) is 0 Å². The van der Waals surface area contributed by atoms with E-state index in [1.54, 1.807) is 7.05 Å². The third kappa shape index (κ3) is 3.31. The third-order valence-corrected chi connectivity index (χ3v) is 3.44. The predicted octanol–water partition coefficient (Wildman–Crippen LogP) is 0.0560. The molecule has 0 spiro atoms. The molecule has 0 aliphatic carbocycles. The van der Waals surface area contributed by atoms with Crippen LogP contribution in [-0.4, -0.2) is 28.6 Å². The van der Waals surface area contributed by atoms with E-state index in [0.29, 0.717) is 18.7 Å². The summed E-state index contributed by atoms with van der Waals surface area (Å²) in [7, 11) is -1.71. The normalized spacial score (nSPS) is 11.0. The zero-order valence-corrected chi connectivity index (χ0v) is 9.71. The molecule has 0 aromatic heterocycles. The van der Waals surface area contributed by atoms with Crippen molar-refractivity contribution in [3.05, 3.63) is 29.8 Å². The fraction of sp³-hybridized carbons (Fsp3) is 0.300. The average molecular weight is 239 g/mol. The lowest BCUT2D eigenvalue weighted by molar-refractivity contribution is 0.579. The highest BCUT2D eigenvalue weighted by Crippen LogP contribution is 2.09. The Kier molecular flexibility index (Phi) is 4.43. The van der Waals surface area contributed by atoms with Crippen molar-refractivity contribution in [1.29, 1.82) is 5.26 Å². The molecule has 2 N–H and O–H groups in total. The van der Waals surface area contributed by atoms with Crippen molar-refractivity contribution in [2.24, 2.45) is 0 Å². The van der Waals surface area contributed by atoms with Crippen LogP contribution in [0, 0.1) is 11.3 Å². The molecule has 0 saturated carbocycles. The Morgan fingerprint density at radius 3 is 2.38 bits per heavy atom. The topological polar surface area (TPSA) is 82.0 Å². The van der Waals surface area contributed by atoms with Crippen LogP contribution in [0.25, 0.3) is 0 Å². The molecule has 1 aromatic carbocycles. The maximum absolute atomic E-state index is 11.7. The van der Waals surface area contributed by atoms with Crippen LogP contribution < -0.4 is 10.0 Å². The Hall–Kier alpha value is -1.42. The summed E-state index contributed by atoms with van der Waals surface area (Å²) < 4.78 is 25.8. The minimum Gasteiger partial charge on any atom is -0.318 e. The molecule has 0 amide bonds. The molecular formula is C10H13N3O2S. The lowest BCUT2D eigenvalue weighted by atomic mass is 10.2. The van der Waals surface area contributed by atoms with Crippen molar-refractivity contribution in [2.45, 2.75) is 4.90 Å². The van der Waals surface area contributed by atoms with Gasteiger partial charge in [-0.2, -0.15) is 5.26 Å². The first-order valence-electron chi connectivity index (χ1n) is 4.74. The van der Waals surface area contributed by atoms with Crippen LogP contribution >= 0.6 is 0 Å². The summed E-state index contributed by atoms with van der Waals surface area (Å²) >= 11 is 0. The predicted molar refractivity (Wildman–Crippen MR) is 60.3 cm³/mol. The largest absolute Gasteiger partial charge is 0.318 e. The summed E-state index contributed by atoms with van der Waals surface area (Å²) in [6.07, 6.45) is 0. The maximum atomic E-state index is 11.7. The SMILES string of the molecule is CNCCNS(=O)(=O)c1ccc(C#N)cc1. The van der Waals surface area contributed by atoms with E-state index in [1.807, 2.05) is 6.07 Å². The number of likely N-dealkylation sites (N-methyl/N-ethyl adjacent to an activating group) is 1. The first kappa shape index (κ1) is 12.6. The fourth-order valence-corrected chi connectivity index (χ4v) is 2.13. The second-order valence-corrected chi connectivity index (χ2v) is 4.90. The van der Waals surface area contributed by atoms with E-state index in [9.17, 15) is 8.42 Å². The number of sulfonamides is 1. The van der Waals surface area contributed by atoms with Gasteiger partial charge in [-0.1, -0.05) is 0 Å². The van der Waals surface area contributed by atoms with E-state index < -0.39 is 10.0 Å². The van der Waals surface area contributed by atoms with Gasteiger partial charge >= 0.3 is 0 Å². The summed E-state index contributed by atoms with van der Waals surface area (Å²) in [6, 6.07) is 7.72. The van der Waals surface area contributed by atoms with Gasteiger partial charge in [-0.3, -0.25) is 0 Å². The number of nitrogens with zero attached hydrogens (tertiary/aromatic N) is 1.